The normalized spacial score (nSPS) is 11.2. The zero-order valence-corrected chi connectivity index (χ0v) is 18.6. The number of ether oxygens (including phenoxy) is 2. The van der Waals surface area contributed by atoms with Crippen molar-refractivity contribution >= 4 is 33.8 Å². The third-order valence-electron chi connectivity index (χ3n) is 4.17. The summed E-state index contributed by atoms with van der Waals surface area (Å²) in [6.45, 7) is 2.98. The first kappa shape index (κ1) is 23.9. The number of hydrazone groups is 1. The van der Waals surface area contributed by atoms with E-state index in [2.05, 4.69) is 15.3 Å². The summed E-state index contributed by atoms with van der Waals surface area (Å²) in [6, 6.07) is 12.1. The molecule has 31 heavy (non-hydrogen) atoms. The van der Waals surface area contributed by atoms with Gasteiger partial charge in [0, 0.05) is 0 Å². The van der Waals surface area contributed by atoms with E-state index >= 15 is 0 Å². The minimum Gasteiger partial charge on any atom is -0.482 e. The zero-order valence-electron chi connectivity index (χ0n) is 17.8. The number of nitrogens with zero attached hydrogens (tertiary/aromatic N) is 2. The van der Waals surface area contributed by atoms with E-state index < -0.39 is 28.4 Å². The molecule has 0 aliphatic heterocycles. The summed E-state index contributed by atoms with van der Waals surface area (Å²) in [4.78, 5) is 23.5. The number of methoxy groups -OCH3 is 1. The van der Waals surface area contributed by atoms with E-state index in [0.29, 0.717) is 17.0 Å². The van der Waals surface area contributed by atoms with Gasteiger partial charge in [-0.05, 0) is 48.7 Å². The van der Waals surface area contributed by atoms with Gasteiger partial charge in [-0.25, -0.2) is 18.6 Å². The molecule has 0 radical (unpaired) electrons. The van der Waals surface area contributed by atoms with Gasteiger partial charge in [0.15, 0.2) is 6.61 Å². The molecule has 2 rings (SSSR count). The Kier molecular flexibility index (Phi) is 8.14. The van der Waals surface area contributed by atoms with Crippen LogP contribution in [-0.4, -0.2) is 53.0 Å². The molecule has 0 fully saturated rings. The van der Waals surface area contributed by atoms with E-state index in [1.165, 1.54) is 13.3 Å². The van der Waals surface area contributed by atoms with E-state index in [9.17, 15) is 18.0 Å². The molecule has 0 bridgehead atoms. The van der Waals surface area contributed by atoms with Gasteiger partial charge >= 0.3 is 5.97 Å². The predicted molar refractivity (Wildman–Crippen MR) is 118 cm³/mol. The van der Waals surface area contributed by atoms with Crippen molar-refractivity contribution in [3.8, 4) is 5.75 Å². The van der Waals surface area contributed by atoms with Crippen molar-refractivity contribution in [3.05, 3.63) is 59.2 Å². The lowest BCUT2D eigenvalue weighted by Crippen LogP contribution is -2.39. The molecule has 0 aromatic heterocycles. The molecule has 9 nitrogen and oxygen atoms in total. The molecular weight excluding hydrogens is 422 g/mol. The highest BCUT2D eigenvalue weighted by molar-refractivity contribution is 7.92. The molecule has 10 heteroatoms. The van der Waals surface area contributed by atoms with Crippen LogP contribution in [0.3, 0.4) is 0 Å². The Labute approximate surface area is 181 Å². The molecule has 0 aliphatic carbocycles. The first-order valence-electron chi connectivity index (χ1n) is 9.26. The van der Waals surface area contributed by atoms with Crippen molar-refractivity contribution in [1.29, 1.82) is 0 Å². The van der Waals surface area contributed by atoms with Crippen LogP contribution in [0.1, 0.15) is 16.7 Å². The van der Waals surface area contributed by atoms with Gasteiger partial charge in [-0.2, -0.15) is 5.10 Å². The molecule has 2 aromatic rings. The fourth-order valence-electron chi connectivity index (χ4n) is 2.60. The maximum Gasteiger partial charge on any atom is 0.343 e. The van der Waals surface area contributed by atoms with Gasteiger partial charge in [0.2, 0.25) is 10.0 Å². The molecule has 0 atom stereocenters. The van der Waals surface area contributed by atoms with Crippen molar-refractivity contribution in [1.82, 2.24) is 5.43 Å². The number of hydrogen-bond donors (Lipinski definition) is 1. The SMILES string of the molecule is COC(=O)COc1cccc(/C=N\NC(=O)CN(c2cc(C)ccc2C)S(C)(=O)=O)c1. The summed E-state index contributed by atoms with van der Waals surface area (Å²) in [7, 11) is -2.42. The molecule has 0 spiro atoms. The maximum absolute atomic E-state index is 12.3. The Hall–Kier alpha value is -3.40. The number of carbonyl (C=O) groups excluding carboxylic acids is 2. The van der Waals surface area contributed by atoms with Crippen LogP contribution in [0.15, 0.2) is 47.6 Å². The first-order chi connectivity index (χ1) is 14.6. The minimum atomic E-state index is -3.68. The summed E-state index contributed by atoms with van der Waals surface area (Å²) >= 11 is 0. The summed E-state index contributed by atoms with van der Waals surface area (Å²) in [6.07, 6.45) is 2.43. The van der Waals surface area contributed by atoms with E-state index in [0.717, 1.165) is 21.7 Å². The molecule has 2 aromatic carbocycles. The molecule has 0 saturated heterocycles. The number of anilines is 1. The number of aryl methyl sites for hydroxylation is 2. The second-order valence-corrected chi connectivity index (χ2v) is 8.70. The van der Waals surface area contributed by atoms with Crippen LogP contribution in [0.2, 0.25) is 0 Å². The van der Waals surface area contributed by atoms with Gasteiger partial charge in [0.25, 0.3) is 5.91 Å². The summed E-state index contributed by atoms with van der Waals surface area (Å²) < 4.78 is 35.4. The quantitative estimate of drug-likeness (QED) is 0.356. The lowest BCUT2D eigenvalue weighted by molar-refractivity contribution is -0.142. The Balaban J connectivity index is 2.05. The van der Waals surface area contributed by atoms with Crippen LogP contribution in [0.25, 0.3) is 0 Å². The molecule has 0 unspecified atom stereocenters. The first-order valence-corrected chi connectivity index (χ1v) is 11.1. The highest BCUT2D eigenvalue weighted by Crippen LogP contribution is 2.23. The lowest BCUT2D eigenvalue weighted by atomic mass is 10.1. The second-order valence-electron chi connectivity index (χ2n) is 6.79. The van der Waals surface area contributed by atoms with Crippen LogP contribution in [0, 0.1) is 13.8 Å². The standard InChI is InChI=1S/C21H25N3O6S/c1-15-8-9-16(2)19(10-15)24(31(4,27)28)13-20(25)23-22-12-17-6-5-7-18(11-17)30-14-21(26)29-3/h5-12H,13-14H2,1-4H3,(H,23,25)/b22-12-. The van der Waals surface area contributed by atoms with Gasteiger partial charge in [-0.15, -0.1) is 0 Å². The molecule has 166 valence electrons. The zero-order chi connectivity index (χ0) is 23.0. The van der Waals surface area contributed by atoms with Gasteiger partial charge in [0.05, 0.1) is 25.3 Å². The Bertz CT molecular complexity index is 1080. The summed E-state index contributed by atoms with van der Waals surface area (Å²) in [5.41, 5.74) is 4.99. The number of amides is 1. The van der Waals surface area contributed by atoms with Crippen LogP contribution in [0.4, 0.5) is 5.69 Å². The fourth-order valence-corrected chi connectivity index (χ4v) is 3.51. The van der Waals surface area contributed by atoms with E-state index in [1.54, 1.807) is 43.3 Å². The lowest BCUT2D eigenvalue weighted by Gasteiger charge is -2.23. The van der Waals surface area contributed by atoms with Crippen molar-refractivity contribution in [3.63, 3.8) is 0 Å². The maximum atomic E-state index is 12.3. The minimum absolute atomic E-state index is 0.229. The Morgan fingerprint density at radius 3 is 2.58 bits per heavy atom. The number of benzene rings is 2. The smallest absolute Gasteiger partial charge is 0.343 e. The molecule has 0 aliphatic rings. The van der Waals surface area contributed by atoms with Crippen LogP contribution in [-0.2, 0) is 24.3 Å². The largest absolute Gasteiger partial charge is 0.482 e. The number of esters is 1. The predicted octanol–water partition coefficient (Wildman–Crippen LogP) is 1.77. The Morgan fingerprint density at radius 2 is 1.90 bits per heavy atom. The fraction of sp³-hybridized carbons (Fsp3) is 0.286. The average Bonchev–Trinajstić information content (AvgIpc) is 2.71. The van der Waals surface area contributed by atoms with Gasteiger partial charge in [-0.1, -0.05) is 24.3 Å². The molecule has 0 heterocycles. The third kappa shape index (κ3) is 7.41. The van der Waals surface area contributed by atoms with Crippen molar-refractivity contribution in [2.75, 3.05) is 30.8 Å². The number of carbonyl (C=O) groups is 2. The number of rotatable bonds is 9. The monoisotopic (exact) mass is 447 g/mol. The summed E-state index contributed by atoms with van der Waals surface area (Å²) in [5, 5.41) is 3.87. The molecule has 1 amide bonds. The Morgan fingerprint density at radius 1 is 1.16 bits per heavy atom. The average molecular weight is 448 g/mol. The van der Waals surface area contributed by atoms with Gasteiger partial charge in [0.1, 0.15) is 12.3 Å². The van der Waals surface area contributed by atoms with Crippen molar-refractivity contribution < 1.29 is 27.5 Å². The van der Waals surface area contributed by atoms with Gasteiger partial charge in [-0.3, -0.25) is 9.10 Å². The molecule has 0 saturated carbocycles. The van der Waals surface area contributed by atoms with Crippen LogP contribution >= 0.6 is 0 Å². The van der Waals surface area contributed by atoms with Crippen LogP contribution < -0.4 is 14.5 Å². The number of sulfonamides is 1. The van der Waals surface area contributed by atoms with Crippen molar-refractivity contribution in [2.45, 2.75) is 13.8 Å². The summed E-state index contributed by atoms with van der Waals surface area (Å²) in [5.74, 6) is -0.676. The molecular formula is C21H25N3O6S. The number of hydrogen-bond acceptors (Lipinski definition) is 7. The molecule has 1 N–H and O–H groups in total. The van der Waals surface area contributed by atoms with E-state index in [1.807, 2.05) is 13.0 Å². The highest BCUT2D eigenvalue weighted by Gasteiger charge is 2.22. The van der Waals surface area contributed by atoms with E-state index in [4.69, 9.17) is 4.74 Å². The van der Waals surface area contributed by atoms with Crippen molar-refractivity contribution in [2.24, 2.45) is 5.10 Å². The van der Waals surface area contributed by atoms with E-state index in [-0.39, 0.29) is 6.61 Å². The number of nitrogens with one attached hydrogen (secondary N) is 1. The topological polar surface area (TPSA) is 114 Å². The second kappa shape index (κ2) is 10.6. The third-order valence-corrected chi connectivity index (χ3v) is 5.29. The highest BCUT2D eigenvalue weighted by atomic mass is 32.2. The van der Waals surface area contributed by atoms with Crippen LogP contribution in [0.5, 0.6) is 5.75 Å². The van der Waals surface area contributed by atoms with Gasteiger partial charge < -0.3 is 9.47 Å².